The average Bonchev–Trinajstić information content (AvgIpc) is 3.41. The molecular formula is C20H22N4O3. The van der Waals surface area contributed by atoms with E-state index in [1.54, 1.807) is 6.20 Å². The van der Waals surface area contributed by atoms with Crippen molar-refractivity contribution in [3.8, 4) is 17.1 Å². The smallest absolute Gasteiger partial charge is 0.140 e. The normalized spacial score (nSPS) is 27.2. The van der Waals surface area contributed by atoms with Gasteiger partial charge in [-0.25, -0.2) is 9.67 Å². The molecule has 2 aliphatic heterocycles. The number of aryl methyl sites for hydroxylation is 2. The van der Waals surface area contributed by atoms with Crippen molar-refractivity contribution in [3.05, 3.63) is 54.1 Å². The first-order chi connectivity index (χ1) is 13.1. The van der Waals surface area contributed by atoms with E-state index in [-0.39, 0.29) is 18.2 Å². The summed E-state index contributed by atoms with van der Waals surface area (Å²) in [5.41, 5.74) is 4.09. The molecule has 0 bridgehead atoms. The van der Waals surface area contributed by atoms with Crippen LogP contribution >= 0.6 is 0 Å². The van der Waals surface area contributed by atoms with Crippen molar-refractivity contribution >= 4 is 0 Å². The Morgan fingerprint density at radius 2 is 1.96 bits per heavy atom. The van der Waals surface area contributed by atoms with Crippen LogP contribution in [0.2, 0.25) is 0 Å². The van der Waals surface area contributed by atoms with Gasteiger partial charge in [0.15, 0.2) is 0 Å². The summed E-state index contributed by atoms with van der Waals surface area (Å²) >= 11 is 0. The molecule has 7 heteroatoms. The Morgan fingerprint density at radius 1 is 1.11 bits per heavy atom. The van der Waals surface area contributed by atoms with Gasteiger partial charge in [-0.1, -0.05) is 12.1 Å². The molecule has 2 aliphatic rings. The minimum absolute atomic E-state index is 0.00184. The summed E-state index contributed by atoms with van der Waals surface area (Å²) in [5, 5.41) is 14.6. The van der Waals surface area contributed by atoms with E-state index >= 15 is 0 Å². The number of hydrogen-bond donors (Lipinski definition) is 1. The standard InChI is InChI=1S/C20H22N4O3/c1-12-8-13(2)24(22-12)15-5-3-4-14(9-15)20-21-6-7-23(20)16-10-26-19-17(25)11-27-18(16)19/h3-9,16-19,25H,10-11H2,1-2H3/t16-,17-,18-,19-/m1/s1. The number of benzene rings is 1. The summed E-state index contributed by atoms with van der Waals surface area (Å²) in [4.78, 5) is 4.59. The summed E-state index contributed by atoms with van der Waals surface area (Å²) in [7, 11) is 0. The molecule has 27 heavy (non-hydrogen) atoms. The number of hydrogen-bond acceptors (Lipinski definition) is 5. The van der Waals surface area contributed by atoms with Gasteiger partial charge in [0.1, 0.15) is 24.1 Å². The predicted octanol–water partition coefficient (Wildman–Crippen LogP) is 2.05. The zero-order valence-corrected chi connectivity index (χ0v) is 15.3. The number of fused-ring (bicyclic) bond motifs is 1. The molecular weight excluding hydrogens is 344 g/mol. The van der Waals surface area contributed by atoms with Crippen LogP contribution in [0.3, 0.4) is 0 Å². The fraction of sp³-hybridized carbons (Fsp3) is 0.400. The SMILES string of the molecule is Cc1cc(C)n(-c2cccc(-c3nccn3[C@@H]3CO[C@H]4[C@@H]3OC[C@H]4O)c2)n1. The van der Waals surface area contributed by atoms with Gasteiger partial charge in [-0.2, -0.15) is 5.10 Å². The second-order valence-electron chi connectivity index (χ2n) is 7.28. The van der Waals surface area contributed by atoms with E-state index in [0.29, 0.717) is 13.2 Å². The van der Waals surface area contributed by atoms with Crippen molar-refractivity contribution in [3.63, 3.8) is 0 Å². The maximum absolute atomic E-state index is 10.0. The van der Waals surface area contributed by atoms with Gasteiger partial charge in [0.2, 0.25) is 0 Å². The lowest BCUT2D eigenvalue weighted by Gasteiger charge is -2.20. The van der Waals surface area contributed by atoms with Gasteiger partial charge >= 0.3 is 0 Å². The highest BCUT2D eigenvalue weighted by Crippen LogP contribution is 2.36. The molecule has 4 heterocycles. The topological polar surface area (TPSA) is 74.3 Å². The lowest BCUT2D eigenvalue weighted by Crippen LogP contribution is -2.30. The summed E-state index contributed by atoms with van der Waals surface area (Å²) in [6.45, 7) is 4.87. The Labute approximate surface area is 157 Å². The van der Waals surface area contributed by atoms with Crippen molar-refractivity contribution in [1.29, 1.82) is 0 Å². The molecule has 2 saturated heterocycles. The van der Waals surface area contributed by atoms with Crippen molar-refractivity contribution < 1.29 is 14.6 Å². The number of aliphatic hydroxyl groups is 1. The quantitative estimate of drug-likeness (QED) is 0.768. The molecule has 0 saturated carbocycles. The Bertz CT molecular complexity index is 979. The number of rotatable bonds is 3. The number of nitrogens with zero attached hydrogens (tertiary/aromatic N) is 4. The molecule has 1 aromatic carbocycles. The molecule has 0 radical (unpaired) electrons. The van der Waals surface area contributed by atoms with Crippen molar-refractivity contribution in [2.75, 3.05) is 13.2 Å². The summed E-state index contributed by atoms with van der Waals surface area (Å²) in [6.07, 6.45) is 2.79. The van der Waals surface area contributed by atoms with E-state index in [1.165, 1.54) is 0 Å². The highest BCUT2D eigenvalue weighted by atomic mass is 16.6. The fourth-order valence-electron chi connectivity index (χ4n) is 4.17. The van der Waals surface area contributed by atoms with E-state index in [9.17, 15) is 5.11 Å². The summed E-state index contributed by atoms with van der Waals surface area (Å²) in [6, 6.07) is 10.3. The minimum atomic E-state index is -0.554. The van der Waals surface area contributed by atoms with Crippen LogP contribution in [0, 0.1) is 13.8 Å². The van der Waals surface area contributed by atoms with Gasteiger partial charge in [-0.3, -0.25) is 0 Å². The maximum atomic E-state index is 10.0. The molecule has 0 aliphatic carbocycles. The lowest BCUT2D eigenvalue weighted by molar-refractivity contribution is 0.0172. The molecule has 0 unspecified atom stereocenters. The Kier molecular flexibility index (Phi) is 3.89. The first-order valence-electron chi connectivity index (χ1n) is 9.20. The first-order valence-corrected chi connectivity index (χ1v) is 9.20. The first kappa shape index (κ1) is 16.7. The zero-order chi connectivity index (χ0) is 18.5. The third-order valence-electron chi connectivity index (χ3n) is 5.39. The molecule has 5 rings (SSSR count). The van der Waals surface area contributed by atoms with E-state index in [1.807, 2.05) is 42.9 Å². The summed E-state index contributed by atoms with van der Waals surface area (Å²) < 4.78 is 15.6. The van der Waals surface area contributed by atoms with E-state index < -0.39 is 6.10 Å². The van der Waals surface area contributed by atoms with Gasteiger partial charge in [0, 0.05) is 23.7 Å². The van der Waals surface area contributed by atoms with Gasteiger partial charge in [0.25, 0.3) is 0 Å². The van der Waals surface area contributed by atoms with Crippen LogP contribution in [0.1, 0.15) is 17.4 Å². The van der Waals surface area contributed by atoms with Crippen LogP contribution in [-0.4, -0.2) is 56.0 Å². The lowest BCUT2D eigenvalue weighted by atomic mass is 10.1. The number of aliphatic hydroxyl groups excluding tert-OH is 1. The highest BCUT2D eigenvalue weighted by Gasteiger charge is 2.48. The van der Waals surface area contributed by atoms with Crippen LogP contribution in [0.4, 0.5) is 0 Å². The predicted molar refractivity (Wildman–Crippen MR) is 98.8 cm³/mol. The van der Waals surface area contributed by atoms with E-state index in [4.69, 9.17) is 9.47 Å². The number of ether oxygens (including phenoxy) is 2. The zero-order valence-electron chi connectivity index (χ0n) is 15.3. The molecule has 1 N–H and O–H groups in total. The van der Waals surface area contributed by atoms with Crippen LogP contribution < -0.4 is 0 Å². The number of aromatic nitrogens is 4. The molecule has 2 fully saturated rings. The fourth-order valence-corrected chi connectivity index (χ4v) is 4.17. The van der Waals surface area contributed by atoms with Crippen molar-refractivity contribution in [2.45, 2.75) is 38.2 Å². The third kappa shape index (κ3) is 2.70. The molecule has 4 atom stereocenters. The highest BCUT2D eigenvalue weighted by molar-refractivity contribution is 5.60. The Balaban J connectivity index is 1.51. The molecule has 7 nitrogen and oxygen atoms in total. The van der Waals surface area contributed by atoms with Crippen molar-refractivity contribution in [1.82, 2.24) is 19.3 Å². The average molecular weight is 366 g/mol. The van der Waals surface area contributed by atoms with Crippen LogP contribution in [0.15, 0.2) is 42.7 Å². The second kappa shape index (κ2) is 6.30. The van der Waals surface area contributed by atoms with E-state index in [0.717, 1.165) is 28.5 Å². The van der Waals surface area contributed by atoms with Gasteiger partial charge < -0.3 is 19.1 Å². The minimum Gasteiger partial charge on any atom is -0.388 e. The van der Waals surface area contributed by atoms with Gasteiger partial charge in [-0.15, -0.1) is 0 Å². The van der Waals surface area contributed by atoms with Gasteiger partial charge in [0.05, 0.1) is 30.6 Å². The second-order valence-corrected chi connectivity index (χ2v) is 7.28. The maximum Gasteiger partial charge on any atom is 0.140 e. The summed E-state index contributed by atoms with van der Waals surface area (Å²) in [5.74, 6) is 0.859. The van der Waals surface area contributed by atoms with E-state index in [2.05, 4.69) is 26.8 Å². The molecule has 0 amide bonds. The largest absolute Gasteiger partial charge is 0.388 e. The third-order valence-corrected chi connectivity index (χ3v) is 5.39. The molecule has 3 aromatic rings. The molecule has 2 aromatic heterocycles. The van der Waals surface area contributed by atoms with Gasteiger partial charge in [-0.05, 0) is 32.0 Å². The monoisotopic (exact) mass is 366 g/mol. The van der Waals surface area contributed by atoms with Crippen molar-refractivity contribution in [2.24, 2.45) is 0 Å². The molecule has 0 spiro atoms. The number of imidazole rings is 1. The Morgan fingerprint density at radius 3 is 2.78 bits per heavy atom. The Hall–Kier alpha value is -2.48. The van der Waals surface area contributed by atoms with Crippen LogP contribution in [0.5, 0.6) is 0 Å². The molecule has 140 valence electrons. The van der Waals surface area contributed by atoms with Crippen LogP contribution in [0.25, 0.3) is 17.1 Å². The van der Waals surface area contributed by atoms with Crippen LogP contribution in [-0.2, 0) is 9.47 Å².